The van der Waals surface area contributed by atoms with E-state index in [1.807, 2.05) is 32.9 Å². The summed E-state index contributed by atoms with van der Waals surface area (Å²) in [4.78, 5) is 43.8. The van der Waals surface area contributed by atoms with Crippen molar-refractivity contribution in [2.24, 2.45) is 0 Å². The molecule has 0 spiro atoms. The van der Waals surface area contributed by atoms with E-state index in [1.54, 1.807) is 16.7 Å². The number of fused-ring (bicyclic) bond motifs is 1. The molecule has 0 atom stereocenters. The van der Waals surface area contributed by atoms with Gasteiger partial charge < -0.3 is 9.30 Å². The van der Waals surface area contributed by atoms with Crippen molar-refractivity contribution >= 4 is 22.9 Å². The van der Waals surface area contributed by atoms with Gasteiger partial charge in [-0.2, -0.15) is 0 Å². The zero-order valence-corrected chi connectivity index (χ0v) is 17.5. The van der Waals surface area contributed by atoms with Crippen LogP contribution in [0.15, 0.2) is 33.9 Å². The van der Waals surface area contributed by atoms with E-state index >= 15 is 0 Å². The van der Waals surface area contributed by atoms with E-state index in [2.05, 4.69) is 15.3 Å². The highest BCUT2D eigenvalue weighted by molar-refractivity contribution is 5.84. The molecule has 3 rings (SSSR count). The fourth-order valence-corrected chi connectivity index (χ4v) is 3.24. The zero-order chi connectivity index (χ0) is 21.7. The minimum atomic E-state index is -0.619. The minimum Gasteiger partial charge on any atom is -0.441 e. The molecule has 160 valence electrons. The number of hydrogen-bond acceptors (Lipinski definition) is 5. The third kappa shape index (κ3) is 4.61. The van der Waals surface area contributed by atoms with E-state index in [0.717, 1.165) is 24.8 Å². The Morgan fingerprint density at radius 3 is 2.50 bits per heavy atom. The Bertz CT molecular complexity index is 1140. The van der Waals surface area contributed by atoms with Gasteiger partial charge in [-0.1, -0.05) is 38.0 Å². The van der Waals surface area contributed by atoms with Gasteiger partial charge in [0.05, 0.1) is 0 Å². The molecule has 2 N–H and O–H groups in total. The lowest BCUT2D eigenvalue weighted by molar-refractivity contribution is 0.150. The molecule has 30 heavy (non-hydrogen) atoms. The Hall–Kier alpha value is -3.36. The number of nitrogens with one attached hydrogen (secondary N) is 2. The number of anilines is 1. The number of aromatic nitrogens is 4. The smallest absolute Gasteiger partial charge is 0.412 e. The van der Waals surface area contributed by atoms with Crippen molar-refractivity contribution in [1.29, 1.82) is 0 Å². The fraction of sp³-hybridized carbons (Fsp3) is 0.429. The highest BCUT2D eigenvalue weighted by Gasteiger charge is 2.19. The van der Waals surface area contributed by atoms with Crippen LogP contribution in [0.3, 0.4) is 0 Å². The van der Waals surface area contributed by atoms with Crippen LogP contribution in [0.25, 0.3) is 11.2 Å². The molecule has 0 saturated heterocycles. The van der Waals surface area contributed by atoms with Crippen LogP contribution in [0.5, 0.6) is 0 Å². The summed E-state index contributed by atoms with van der Waals surface area (Å²) in [5.41, 5.74) is 1.39. The van der Waals surface area contributed by atoms with Gasteiger partial charge in [-0.25, -0.2) is 14.6 Å². The van der Waals surface area contributed by atoms with Crippen molar-refractivity contribution in [1.82, 2.24) is 19.1 Å². The van der Waals surface area contributed by atoms with Crippen LogP contribution >= 0.6 is 0 Å². The monoisotopic (exact) mass is 413 g/mol. The summed E-state index contributed by atoms with van der Waals surface area (Å²) in [6, 6.07) is 7.35. The second kappa shape index (κ2) is 9.43. The van der Waals surface area contributed by atoms with Crippen molar-refractivity contribution in [2.45, 2.75) is 59.7 Å². The van der Waals surface area contributed by atoms with Crippen LogP contribution in [-0.4, -0.2) is 25.2 Å². The molecule has 1 amide bonds. The Balaban J connectivity index is 1.88. The number of benzene rings is 1. The number of hydrogen-bond donors (Lipinski definition) is 2. The van der Waals surface area contributed by atoms with Crippen LogP contribution in [0, 0.1) is 6.92 Å². The highest BCUT2D eigenvalue weighted by Crippen LogP contribution is 2.15. The van der Waals surface area contributed by atoms with Gasteiger partial charge in [-0.05, 0) is 31.9 Å². The van der Waals surface area contributed by atoms with Gasteiger partial charge in [0.2, 0.25) is 0 Å². The SMILES string of the molecule is CCCCn1c(=O)[nH]c(=O)c2c1nc(COC(=O)Nc1ccc(C)cc1)n2CCC. The first kappa shape index (κ1) is 21.4. The van der Waals surface area contributed by atoms with Crippen molar-refractivity contribution in [3.05, 3.63) is 56.5 Å². The van der Waals surface area contributed by atoms with Crippen molar-refractivity contribution in [2.75, 3.05) is 5.32 Å². The average molecular weight is 413 g/mol. The number of aromatic amines is 1. The second-order valence-electron chi connectivity index (χ2n) is 7.18. The lowest BCUT2D eigenvalue weighted by Gasteiger charge is -2.09. The summed E-state index contributed by atoms with van der Waals surface area (Å²) in [5, 5.41) is 2.66. The standard InChI is InChI=1S/C21H27N5O4/c1-4-6-12-26-18-17(19(27)24-20(26)28)25(11-5-2)16(23-18)13-30-21(29)22-15-9-7-14(3)8-10-15/h7-10H,4-6,11-13H2,1-3H3,(H,22,29)(H,24,27,28). The average Bonchev–Trinajstić information content (AvgIpc) is 3.07. The summed E-state index contributed by atoms with van der Waals surface area (Å²) in [7, 11) is 0. The molecule has 0 radical (unpaired) electrons. The third-order valence-electron chi connectivity index (χ3n) is 4.78. The molecular formula is C21H27N5O4. The number of nitrogens with zero attached hydrogens (tertiary/aromatic N) is 3. The van der Waals surface area contributed by atoms with Crippen LogP contribution in [0.4, 0.5) is 10.5 Å². The van der Waals surface area contributed by atoms with E-state index in [-0.39, 0.29) is 6.61 Å². The Morgan fingerprint density at radius 1 is 1.10 bits per heavy atom. The lowest BCUT2D eigenvalue weighted by Crippen LogP contribution is -2.31. The molecule has 0 saturated carbocycles. The molecule has 2 aromatic heterocycles. The number of ether oxygens (including phenoxy) is 1. The number of aryl methyl sites for hydroxylation is 3. The fourth-order valence-electron chi connectivity index (χ4n) is 3.24. The molecule has 0 aliphatic rings. The van der Waals surface area contributed by atoms with Gasteiger partial charge in [-0.3, -0.25) is 19.7 Å². The Labute approximate surface area is 173 Å². The first-order valence-electron chi connectivity index (χ1n) is 10.2. The molecule has 1 aromatic carbocycles. The van der Waals surface area contributed by atoms with E-state index < -0.39 is 17.3 Å². The number of rotatable bonds is 8. The summed E-state index contributed by atoms with van der Waals surface area (Å²) in [6.45, 7) is 6.82. The van der Waals surface area contributed by atoms with Gasteiger partial charge in [0.15, 0.2) is 17.8 Å². The molecule has 0 unspecified atom stereocenters. The largest absolute Gasteiger partial charge is 0.441 e. The summed E-state index contributed by atoms with van der Waals surface area (Å²) >= 11 is 0. The Kier molecular flexibility index (Phi) is 6.71. The highest BCUT2D eigenvalue weighted by atomic mass is 16.5. The van der Waals surface area contributed by atoms with Crippen molar-refractivity contribution in [3.8, 4) is 0 Å². The molecule has 0 fully saturated rings. The molecule has 2 heterocycles. The van der Waals surface area contributed by atoms with Gasteiger partial charge >= 0.3 is 11.8 Å². The summed E-state index contributed by atoms with van der Waals surface area (Å²) < 4.78 is 8.53. The van der Waals surface area contributed by atoms with Gasteiger partial charge in [0.1, 0.15) is 5.82 Å². The number of unbranched alkanes of at least 4 members (excludes halogenated alkanes) is 1. The number of H-pyrrole nitrogens is 1. The first-order chi connectivity index (χ1) is 14.4. The summed E-state index contributed by atoms with van der Waals surface area (Å²) in [6.07, 6.45) is 1.82. The van der Waals surface area contributed by atoms with Crippen molar-refractivity contribution in [3.63, 3.8) is 0 Å². The molecule has 3 aromatic rings. The lowest BCUT2D eigenvalue weighted by atomic mass is 10.2. The summed E-state index contributed by atoms with van der Waals surface area (Å²) in [5.74, 6) is 0.423. The quantitative estimate of drug-likeness (QED) is 0.589. The topological polar surface area (TPSA) is 111 Å². The number of carbonyl (C=O) groups excluding carboxylic acids is 1. The maximum absolute atomic E-state index is 12.5. The molecule has 9 nitrogen and oxygen atoms in total. The maximum Gasteiger partial charge on any atom is 0.412 e. The third-order valence-corrected chi connectivity index (χ3v) is 4.78. The number of imidazole rings is 1. The van der Waals surface area contributed by atoms with E-state index in [4.69, 9.17) is 4.74 Å². The normalized spacial score (nSPS) is 11.0. The molecule has 9 heteroatoms. The minimum absolute atomic E-state index is 0.117. The maximum atomic E-state index is 12.5. The van der Waals surface area contributed by atoms with Gasteiger partial charge in [-0.15, -0.1) is 0 Å². The molecular weight excluding hydrogens is 386 g/mol. The molecule has 0 aliphatic heterocycles. The van der Waals surface area contributed by atoms with E-state index in [1.165, 1.54) is 4.57 Å². The zero-order valence-electron chi connectivity index (χ0n) is 17.5. The van der Waals surface area contributed by atoms with Gasteiger partial charge in [0, 0.05) is 18.8 Å². The molecule has 0 bridgehead atoms. The van der Waals surface area contributed by atoms with E-state index in [9.17, 15) is 14.4 Å². The van der Waals surface area contributed by atoms with E-state index in [0.29, 0.717) is 35.8 Å². The van der Waals surface area contributed by atoms with Gasteiger partial charge in [0.25, 0.3) is 5.56 Å². The number of amides is 1. The predicted octanol–water partition coefficient (Wildman–Crippen LogP) is 3.15. The van der Waals surface area contributed by atoms with Crippen molar-refractivity contribution < 1.29 is 9.53 Å². The second-order valence-corrected chi connectivity index (χ2v) is 7.18. The first-order valence-corrected chi connectivity index (χ1v) is 10.2. The number of carbonyl (C=O) groups is 1. The molecule has 0 aliphatic carbocycles. The Morgan fingerprint density at radius 2 is 1.83 bits per heavy atom. The predicted molar refractivity (Wildman–Crippen MR) is 115 cm³/mol. The van der Waals surface area contributed by atoms with Crippen LogP contribution in [0.1, 0.15) is 44.5 Å². The van der Waals surface area contributed by atoms with Crippen LogP contribution in [-0.2, 0) is 24.4 Å². The van der Waals surface area contributed by atoms with Crippen LogP contribution < -0.4 is 16.6 Å². The van der Waals surface area contributed by atoms with Crippen LogP contribution in [0.2, 0.25) is 0 Å².